The van der Waals surface area contributed by atoms with Gasteiger partial charge in [0.2, 0.25) is 5.78 Å². The van der Waals surface area contributed by atoms with Crippen LogP contribution in [0.25, 0.3) is 10.9 Å². The van der Waals surface area contributed by atoms with E-state index in [-0.39, 0.29) is 17.9 Å². The van der Waals surface area contributed by atoms with E-state index in [1.807, 2.05) is 30.4 Å². The number of ketones is 1. The molecular formula is C17H14ClNO3. The highest BCUT2D eigenvalue weighted by atomic mass is 35.5. The predicted molar refractivity (Wildman–Crippen MR) is 85.5 cm³/mol. The lowest BCUT2D eigenvalue weighted by molar-refractivity contribution is -0.136. The summed E-state index contributed by atoms with van der Waals surface area (Å²) in [5.41, 5.74) is 1.49. The van der Waals surface area contributed by atoms with Crippen LogP contribution >= 0.6 is 11.6 Å². The summed E-state index contributed by atoms with van der Waals surface area (Å²) in [4.78, 5) is 25.9. The number of carboxylic acid groups (broad SMARTS) is 1. The van der Waals surface area contributed by atoms with Gasteiger partial charge in [0.05, 0.1) is 12.1 Å². The highest BCUT2D eigenvalue weighted by molar-refractivity contribution is 6.40. The van der Waals surface area contributed by atoms with Crippen molar-refractivity contribution in [1.82, 2.24) is 4.98 Å². The number of halogens is 1. The average Bonchev–Trinajstić information content (AvgIpc) is 2.85. The highest BCUT2D eigenvalue weighted by Gasteiger charge is 2.36. The number of rotatable bonds is 4. The molecule has 0 aliphatic heterocycles. The third-order valence-electron chi connectivity index (χ3n) is 3.77. The van der Waals surface area contributed by atoms with E-state index in [0.717, 1.165) is 10.9 Å². The van der Waals surface area contributed by atoms with Gasteiger partial charge in [-0.25, -0.2) is 0 Å². The Morgan fingerprint density at radius 2 is 2.05 bits per heavy atom. The van der Waals surface area contributed by atoms with Crippen LogP contribution in [-0.4, -0.2) is 26.7 Å². The van der Waals surface area contributed by atoms with Crippen molar-refractivity contribution in [1.29, 1.82) is 0 Å². The number of aromatic amines is 1. The van der Waals surface area contributed by atoms with Crippen LogP contribution in [-0.2, 0) is 11.2 Å². The number of H-pyrrole nitrogens is 1. The van der Waals surface area contributed by atoms with E-state index >= 15 is 0 Å². The first kappa shape index (κ1) is 14.6. The summed E-state index contributed by atoms with van der Waals surface area (Å²) < 4.78 is 0. The third-order valence-corrected chi connectivity index (χ3v) is 4.22. The molecule has 1 aliphatic rings. The molecular weight excluding hydrogens is 302 g/mol. The molecule has 1 atom stereocenters. The van der Waals surface area contributed by atoms with Gasteiger partial charge in [-0.3, -0.25) is 9.59 Å². The van der Waals surface area contributed by atoms with Crippen LogP contribution in [0, 0.1) is 0 Å². The number of allylic oxidation sites excluding steroid dienone is 4. The Hall–Kier alpha value is -2.33. The maximum Gasteiger partial charge on any atom is 0.307 e. The van der Waals surface area contributed by atoms with Gasteiger partial charge in [0, 0.05) is 10.9 Å². The van der Waals surface area contributed by atoms with Crippen LogP contribution in [0.15, 0.2) is 48.6 Å². The van der Waals surface area contributed by atoms with Crippen molar-refractivity contribution >= 4 is 34.3 Å². The van der Waals surface area contributed by atoms with Gasteiger partial charge in [-0.15, -0.1) is 11.6 Å². The Bertz CT molecular complexity index is 818. The molecule has 0 bridgehead atoms. The molecule has 2 N–H and O–H groups in total. The zero-order chi connectivity index (χ0) is 15.7. The lowest BCUT2D eigenvalue weighted by atomic mass is 9.91. The van der Waals surface area contributed by atoms with E-state index in [2.05, 4.69) is 4.98 Å². The van der Waals surface area contributed by atoms with Crippen LogP contribution in [0.1, 0.15) is 22.5 Å². The van der Waals surface area contributed by atoms with Gasteiger partial charge < -0.3 is 10.1 Å². The van der Waals surface area contributed by atoms with E-state index in [1.165, 1.54) is 0 Å². The van der Waals surface area contributed by atoms with Crippen LogP contribution in [0.5, 0.6) is 0 Å². The standard InChI is InChI=1S/C17H14ClNO3/c18-17(8-4-1-5-9-17)16(22)15-12(10-14(20)21)11-6-2-3-7-13(11)19-15/h1-8,19H,9-10H2,(H,20,21). The molecule has 112 valence electrons. The number of carbonyl (C=O) groups is 2. The minimum atomic E-state index is -1.16. The molecule has 3 rings (SSSR count). The van der Waals surface area contributed by atoms with Crippen molar-refractivity contribution in [2.75, 3.05) is 0 Å². The molecule has 1 aliphatic carbocycles. The molecule has 0 amide bonds. The third kappa shape index (κ3) is 2.46. The second-order valence-electron chi connectivity index (χ2n) is 5.28. The summed E-state index contributed by atoms with van der Waals surface area (Å²) >= 11 is 6.44. The zero-order valence-electron chi connectivity index (χ0n) is 11.7. The molecule has 4 nitrogen and oxygen atoms in total. The monoisotopic (exact) mass is 315 g/mol. The first-order valence-corrected chi connectivity index (χ1v) is 7.28. The Balaban J connectivity index is 2.13. The number of Topliss-reactive ketones (excluding diaryl/α,β-unsaturated/α-hetero) is 1. The summed E-state index contributed by atoms with van der Waals surface area (Å²) in [6.45, 7) is 0. The molecule has 0 saturated heterocycles. The second-order valence-corrected chi connectivity index (χ2v) is 5.95. The first-order chi connectivity index (χ1) is 10.5. The summed E-state index contributed by atoms with van der Waals surface area (Å²) in [6.07, 6.45) is 7.19. The van der Waals surface area contributed by atoms with Gasteiger partial charge in [0.1, 0.15) is 4.87 Å². The first-order valence-electron chi connectivity index (χ1n) is 6.91. The molecule has 1 aromatic carbocycles. The molecule has 0 radical (unpaired) electrons. The lowest BCUT2D eigenvalue weighted by Gasteiger charge is -2.22. The van der Waals surface area contributed by atoms with Gasteiger partial charge in [-0.05, 0) is 18.1 Å². The number of hydrogen-bond donors (Lipinski definition) is 2. The molecule has 0 saturated carbocycles. The van der Waals surface area contributed by atoms with Crippen LogP contribution < -0.4 is 0 Å². The van der Waals surface area contributed by atoms with Gasteiger partial charge >= 0.3 is 5.97 Å². The topological polar surface area (TPSA) is 70.2 Å². The minimum absolute atomic E-state index is 0.225. The zero-order valence-corrected chi connectivity index (χ0v) is 12.4. The van der Waals surface area contributed by atoms with E-state index in [4.69, 9.17) is 16.7 Å². The molecule has 5 heteroatoms. The lowest BCUT2D eigenvalue weighted by Crippen LogP contribution is -2.32. The number of aromatic nitrogens is 1. The maximum absolute atomic E-state index is 12.9. The fourth-order valence-corrected chi connectivity index (χ4v) is 2.96. The molecule has 22 heavy (non-hydrogen) atoms. The molecule has 1 unspecified atom stereocenters. The van der Waals surface area contributed by atoms with E-state index in [0.29, 0.717) is 12.0 Å². The molecule has 1 aromatic heterocycles. The van der Waals surface area contributed by atoms with E-state index in [1.54, 1.807) is 18.2 Å². The van der Waals surface area contributed by atoms with Gasteiger partial charge in [0.15, 0.2) is 0 Å². The number of benzene rings is 1. The SMILES string of the molecule is O=C(O)Cc1c(C(=O)C2(Cl)C=CC=CC2)[nH]c2ccccc12. The number of hydrogen-bond acceptors (Lipinski definition) is 2. The summed E-state index contributed by atoms with van der Waals surface area (Å²) in [5, 5.41) is 9.88. The number of carbonyl (C=O) groups excluding carboxylic acids is 1. The van der Waals surface area contributed by atoms with Crippen LogP contribution in [0.2, 0.25) is 0 Å². The van der Waals surface area contributed by atoms with Crippen molar-refractivity contribution in [2.24, 2.45) is 0 Å². The fourth-order valence-electron chi connectivity index (χ4n) is 2.70. The summed E-state index contributed by atoms with van der Waals surface area (Å²) in [5.74, 6) is -1.29. The van der Waals surface area contributed by atoms with Crippen molar-refractivity contribution < 1.29 is 14.7 Å². The van der Waals surface area contributed by atoms with Gasteiger partial charge in [-0.1, -0.05) is 42.5 Å². The van der Waals surface area contributed by atoms with Gasteiger partial charge in [0.25, 0.3) is 0 Å². The van der Waals surface area contributed by atoms with Crippen molar-refractivity contribution in [3.63, 3.8) is 0 Å². The maximum atomic E-state index is 12.9. The highest BCUT2D eigenvalue weighted by Crippen LogP contribution is 2.33. The fraction of sp³-hybridized carbons (Fsp3) is 0.176. The van der Waals surface area contributed by atoms with Crippen molar-refractivity contribution in [3.05, 3.63) is 59.8 Å². The minimum Gasteiger partial charge on any atom is -0.481 e. The normalized spacial score (nSPS) is 20.4. The van der Waals surface area contributed by atoms with Crippen molar-refractivity contribution in [2.45, 2.75) is 17.7 Å². The second kappa shape index (κ2) is 5.46. The van der Waals surface area contributed by atoms with Crippen LogP contribution in [0.3, 0.4) is 0 Å². The number of para-hydroxylation sites is 1. The Kier molecular flexibility index (Phi) is 3.62. The Morgan fingerprint density at radius 1 is 1.27 bits per heavy atom. The van der Waals surface area contributed by atoms with Crippen molar-refractivity contribution in [3.8, 4) is 0 Å². The average molecular weight is 316 g/mol. The smallest absolute Gasteiger partial charge is 0.307 e. The number of carboxylic acids is 1. The Morgan fingerprint density at radius 3 is 2.73 bits per heavy atom. The Labute approximate surface area is 132 Å². The van der Waals surface area contributed by atoms with Crippen LogP contribution in [0.4, 0.5) is 0 Å². The predicted octanol–water partition coefficient (Wildman–Crippen LogP) is 3.47. The number of fused-ring (bicyclic) bond motifs is 1. The molecule has 0 fully saturated rings. The molecule has 2 aromatic rings. The number of alkyl halides is 1. The quantitative estimate of drug-likeness (QED) is 0.670. The van der Waals surface area contributed by atoms with E-state index in [9.17, 15) is 9.59 Å². The summed E-state index contributed by atoms with van der Waals surface area (Å²) in [6, 6.07) is 7.26. The number of nitrogens with one attached hydrogen (secondary N) is 1. The molecule has 1 heterocycles. The van der Waals surface area contributed by atoms with Gasteiger partial charge in [-0.2, -0.15) is 0 Å². The largest absolute Gasteiger partial charge is 0.481 e. The molecule has 0 spiro atoms. The summed E-state index contributed by atoms with van der Waals surface area (Å²) in [7, 11) is 0. The number of aliphatic carboxylic acids is 1. The van der Waals surface area contributed by atoms with E-state index < -0.39 is 10.8 Å².